The third-order valence-corrected chi connectivity index (χ3v) is 4.76. The van der Waals surface area contributed by atoms with Gasteiger partial charge in [-0.1, -0.05) is 36.9 Å². The first kappa shape index (κ1) is 20.3. The lowest BCUT2D eigenvalue weighted by atomic mass is 10.0. The second-order valence-corrected chi connectivity index (χ2v) is 6.61. The number of aryl methyl sites for hydroxylation is 1. The Morgan fingerprint density at radius 3 is 2.79 bits per heavy atom. The smallest absolute Gasteiger partial charge is 0.414 e. The van der Waals surface area contributed by atoms with Crippen LogP contribution >= 0.6 is 0 Å². The Hall–Kier alpha value is -3.48. The molecule has 0 fully saturated rings. The SMILES string of the molecule is C=CCOC(=O)N1CCCc2ccccc2CNC(=O)c2cc(OC)c(O)cc21. The molecular formula is C22H24N2O5. The predicted molar refractivity (Wildman–Crippen MR) is 109 cm³/mol. The molecule has 7 heteroatoms. The summed E-state index contributed by atoms with van der Waals surface area (Å²) in [4.78, 5) is 27.0. The summed E-state index contributed by atoms with van der Waals surface area (Å²) in [6.45, 7) is 4.27. The molecule has 0 spiro atoms. The highest BCUT2D eigenvalue weighted by atomic mass is 16.6. The quantitative estimate of drug-likeness (QED) is 0.777. The molecule has 3 rings (SSSR count). The van der Waals surface area contributed by atoms with Crippen LogP contribution < -0.4 is 15.0 Å². The van der Waals surface area contributed by atoms with E-state index >= 15 is 0 Å². The van der Waals surface area contributed by atoms with Crippen LogP contribution in [0, 0.1) is 0 Å². The van der Waals surface area contributed by atoms with Crippen molar-refractivity contribution >= 4 is 17.7 Å². The second-order valence-electron chi connectivity index (χ2n) is 6.61. The molecule has 0 aliphatic carbocycles. The monoisotopic (exact) mass is 396 g/mol. The van der Waals surface area contributed by atoms with Crippen LogP contribution in [0.15, 0.2) is 49.1 Å². The minimum Gasteiger partial charge on any atom is -0.504 e. The third kappa shape index (κ3) is 4.51. The maximum atomic E-state index is 13.0. The number of carbonyl (C=O) groups excluding carboxylic acids is 2. The fourth-order valence-corrected chi connectivity index (χ4v) is 3.32. The summed E-state index contributed by atoms with van der Waals surface area (Å²) in [5.74, 6) is -0.399. The zero-order valence-corrected chi connectivity index (χ0v) is 16.3. The third-order valence-electron chi connectivity index (χ3n) is 4.76. The molecule has 0 bridgehead atoms. The maximum Gasteiger partial charge on any atom is 0.414 e. The molecule has 29 heavy (non-hydrogen) atoms. The number of methoxy groups -OCH3 is 1. The van der Waals surface area contributed by atoms with Crippen LogP contribution in [0.1, 0.15) is 27.9 Å². The van der Waals surface area contributed by atoms with Gasteiger partial charge in [-0.15, -0.1) is 0 Å². The number of aromatic hydroxyl groups is 1. The van der Waals surface area contributed by atoms with E-state index in [1.165, 1.54) is 30.2 Å². The Morgan fingerprint density at radius 2 is 2.07 bits per heavy atom. The lowest BCUT2D eigenvalue weighted by Crippen LogP contribution is -2.35. The molecule has 0 unspecified atom stereocenters. The Morgan fingerprint density at radius 1 is 1.31 bits per heavy atom. The summed E-state index contributed by atoms with van der Waals surface area (Å²) >= 11 is 0. The first-order chi connectivity index (χ1) is 14.0. The van der Waals surface area contributed by atoms with Gasteiger partial charge < -0.3 is 19.9 Å². The standard InChI is InChI=1S/C22H24N2O5/c1-3-11-29-22(27)24-10-6-9-15-7-4-5-8-16(15)14-23-21(26)17-12-20(28-2)19(25)13-18(17)24/h3-5,7-8,12-13,25H,1,6,9-11,14H2,2H3,(H,23,26). The van der Waals surface area contributed by atoms with Crippen molar-refractivity contribution in [3.63, 3.8) is 0 Å². The number of amides is 2. The average Bonchev–Trinajstić information content (AvgIpc) is 2.75. The topological polar surface area (TPSA) is 88.1 Å². The van der Waals surface area contributed by atoms with E-state index in [-0.39, 0.29) is 35.3 Å². The number of hydrogen-bond acceptors (Lipinski definition) is 5. The van der Waals surface area contributed by atoms with E-state index in [4.69, 9.17) is 9.47 Å². The summed E-state index contributed by atoms with van der Waals surface area (Å²) in [6, 6.07) is 10.7. The lowest BCUT2D eigenvalue weighted by molar-refractivity contribution is 0.0951. The van der Waals surface area contributed by atoms with Crippen LogP contribution in [0.3, 0.4) is 0 Å². The van der Waals surface area contributed by atoms with Crippen LogP contribution in [0.2, 0.25) is 0 Å². The van der Waals surface area contributed by atoms with Crippen molar-refractivity contribution in [2.45, 2.75) is 19.4 Å². The number of benzene rings is 2. The molecule has 0 saturated carbocycles. The van der Waals surface area contributed by atoms with E-state index in [0.29, 0.717) is 19.5 Å². The Labute approximate surface area is 169 Å². The number of rotatable bonds is 3. The summed E-state index contributed by atoms with van der Waals surface area (Å²) in [5.41, 5.74) is 2.62. The van der Waals surface area contributed by atoms with Gasteiger partial charge in [0, 0.05) is 19.2 Å². The van der Waals surface area contributed by atoms with E-state index < -0.39 is 6.09 Å². The molecule has 2 aromatic carbocycles. The van der Waals surface area contributed by atoms with Crippen molar-refractivity contribution < 1.29 is 24.2 Å². The van der Waals surface area contributed by atoms with Gasteiger partial charge in [-0.3, -0.25) is 9.69 Å². The number of fused-ring (bicyclic) bond motifs is 2. The van der Waals surface area contributed by atoms with E-state index in [1.807, 2.05) is 24.3 Å². The molecule has 0 atom stereocenters. The van der Waals surface area contributed by atoms with Crippen molar-refractivity contribution in [3.8, 4) is 11.5 Å². The molecule has 0 saturated heterocycles. The molecule has 152 valence electrons. The van der Waals surface area contributed by atoms with Crippen molar-refractivity contribution in [2.75, 3.05) is 25.2 Å². The van der Waals surface area contributed by atoms with Crippen molar-refractivity contribution in [1.29, 1.82) is 0 Å². The molecule has 1 heterocycles. The first-order valence-electron chi connectivity index (χ1n) is 9.36. The molecule has 0 aromatic heterocycles. The number of anilines is 1. The largest absolute Gasteiger partial charge is 0.504 e. The zero-order valence-electron chi connectivity index (χ0n) is 16.3. The highest BCUT2D eigenvalue weighted by Gasteiger charge is 2.26. The minimum absolute atomic E-state index is 0.0435. The van der Waals surface area contributed by atoms with Crippen LogP contribution in [0.25, 0.3) is 0 Å². The molecular weight excluding hydrogens is 372 g/mol. The number of nitrogens with one attached hydrogen (secondary N) is 1. The van der Waals surface area contributed by atoms with Gasteiger partial charge in [-0.25, -0.2) is 4.79 Å². The summed E-state index contributed by atoms with van der Waals surface area (Å²) in [5, 5.41) is 13.2. The highest BCUT2D eigenvalue weighted by molar-refractivity contribution is 6.04. The van der Waals surface area contributed by atoms with Crippen LogP contribution in [0.5, 0.6) is 11.5 Å². The number of phenolic OH excluding ortho intramolecular Hbond substituents is 1. The lowest BCUT2D eigenvalue weighted by Gasteiger charge is -2.24. The first-order valence-corrected chi connectivity index (χ1v) is 9.36. The summed E-state index contributed by atoms with van der Waals surface area (Å²) < 4.78 is 10.4. The highest BCUT2D eigenvalue weighted by Crippen LogP contribution is 2.35. The molecule has 1 aliphatic heterocycles. The number of carbonyl (C=O) groups is 2. The molecule has 2 amide bonds. The summed E-state index contributed by atoms with van der Waals surface area (Å²) in [7, 11) is 1.40. The van der Waals surface area contributed by atoms with Gasteiger partial charge in [0.05, 0.1) is 18.4 Å². The van der Waals surface area contributed by atoms with Gasteiger partial charge in [-0.05, 0) is 30.0 Å². The molecule has 2 aromatic rings. The number of phenols is 1. The zero-order chi connectivity index (χ0) is 20.8. The van der Waals surface area contributed by atoms with E-state index in [0.717, 1.165) is 17.5 Å². The number of ether oxygens (including phenoxy) is 2. The van der Waals surface area contributed by atoms with Crippen molar-refractivity contribution in [3.05, 3.63) is 65.7 Å². The molecule has 7 nitrogen and oxygen atoms in total. The van der Waals surface area contributed by atoms with Crippen molar-refractivity contribution in [1.82, 2.24) is 5.32 Å². The Bertz CT molecular complexity index is 925. The number of nitrogens with zero attached hydrogens (tertiary/aromatic N) is 1. The number of hydrogen-bond donors (Lipinski definition) is 2. The minimum atomic E-state index is -0.615. The van der Waals surface area contributed by atoms with Crippen LogP contribution in [-0.4, -0.2) is 37.4 Å². The van der Waals surface area contributed by atoms with E-state index in [2.05, 4.69) is 11.9 Å². The van der Waals surface area contributed by atoms with Gasteiger partial charge in [0.15, 0.2) is 11.5 Å². The normalized spacial score (nSPS) is 14.0. The molecule has 1 aliphatic rings. The van der Waals surface area contributed by atoms with Crippen LogP contribution in [-0.2, 0) is 17.7 Å². The van der Waals surface area contributed by atoms with Gasteiger partial charge in [0.1, 0.15) is 6.61 Å². The van der Waals surface area contributed by atoms with Gasteiger partial charge >= 0.3 is 6.09 Å². The van der Waals surface area contributed by atoms with Crippen molar-refractivity contribution in [2.24, 2.45) is 0 Å². The summed E-state index contributed by atoms with van der Waals surface area (Å²) in [6.07, 6.45) is 2.24. The second kappa shape index (κ2) is 9.14. The van der Waals surface area contributed by atoms with E-state index in [1.54, 1.807) is 0 Å². The predicted octanol–water partition coefficient (Wildman–Crippen LogP) is 3.41. The van der Waals surface area contributed by atoms with Crippen LogP contribution in [0.4, 0.5) is 10.5 Å². The van der Waals surface area contributed by atoms with E-state index in [9.17, 15) is 14.7 Å². The molecule has 2 N–H and O–H groups in total. The maximum absolute atomic E-state index is 13.0. The van der Waals surface area contributed by atoms with Gasteiger partial charge in [-0.2, -0.15) is 0 Å². The fraction of sp³-hybridized carbons (Fsp3) is 0.273. The molecule has 0 radical (unpaired) electrons. The average molecular weight is 396 g/mol. The fourth-order valence-electron chi connectivity index (χ4n) is 3.32. The Kier molecular flexibility index (Phi) is 6.39. The van der Waals surface area contributed by atoms with Gasteiger partial charge in [0.2, 0.25) is 0 Å². The Balaban J connectivity index is 2.06. The van der Waals surface area contributed by atoms with Gasteiger partial charge in [0.25, 0.3) is 5.91 Å².